The molecule has 2 nitrogen and oxygen atoms in total. The molecule has 2 N–H and O–H groups in total. The van der Waals surface area contributed by atoms with Gasteiger partial charge in [0.15, 0.2) is 0 Å². The van der Waals surface area contributed by atoms with Gasteiger partial charge in [0.05, 0.1) is 6.10 Å². The van der Waals surface area contributed by atoms with E-state index in [2.05, 4.69) is 13.8 Å². The molecule has 0 aromatic heterocycles. The summed E-state index contributed by atoms with van der Waals surface area (Å²) in [5.74, 6) is 0.834. The molecule has 0 fully saturated rings. The van der Waals surface area contributed by atoms with Gasteiger partial charge in [0.25, 0.3) is 0 Å². The molecule has 0 aliphatic heterocycles. The first kappa shape index (κ1) is 13.0. The van der Waals surface area contributed by atoms with Gasteiger partial charge in [-0.1, -0.05) is 13.8 Å². The molecule has 0 saturated carbocycles. The van der Waals surface area contributed by atoms with E-state index in [9.17, 15) is 4.39 Å². The van der Waals surface area contributed by atoms with Crippen molar-refractivity contribution in [3.8, 4) is 5.75 Å². The van der Waals surface area contributed by atoms with Gasteiger partial charge in [0.2, 0.25) is 0 Å². The van der Waals surface area contributed by atoms with Crippen molar-refractivity contribution >= 4 is 0 Å². The Hall–Kier alpha value is -1.09. The fourth-order valence-electron chi connectivity index (χ4n) is 1.75. The SMILES string of the molecule is CC(C)CC(C)Oc1cc(F)cc(CN)c1. The number of hydrogen-bond acceptors (Lipinski definition) is 2. The molecule has 0 amide bonds. The zero-order chi connectivity index (χ0) is 12.1. The predicted octanol–water partition coefficient (Wildman–Crippen LogP) is 3.10. The van der Waals surface area contributed by atoms with Gasteiger partial charge in [0.1, 0.15) is 11.6 Å². The van der Waals surface area contributed by atoms with Crippen molar-refractivity contribution in [3.63, 3.8) is 0 Å². The summed E-state index contributed by atoms with van der Waals surface area (Å²) >= 11 is 0. The maximum Gasteiger partial charge on any atom is 0.127 e. The summed E-state index contributed by atoms with van der Waals surface area (Å²) in [6, 6.07) is 4.62. The first-order valence-electron chi connectivity index (χ1n) is 5.67. The minimum absolute atomic E-state index is 0.0902. The zero-order valence-corrected chi connectivity index (χ0v) is 10.2. The quantitative estimate of drug-likeness (QED) is 0.835. The van der Waals surface area contributed by atoms with Crippen LogP contribution in [-0.4, -0.2) is 6.10 Å². The monoisotopic (exact) mass is 225 g/mol. The third-order valence-corrected chi connectivity index (χ3v) is 2.31. The van der Waals surface area contributed by atoms with Gasteiger partial charge in [0, 0.05) is 12.6 Å². The largest absolute Gasteiger partial charge is 0.491 e. The second-order valence-corrected chi connectivity index (χ2v) is 4.56. The molecular weight excluding hydrogens is 205 g/mol. The molecule has 90 valence electrons. The minimum Gasteiger partial charge on any atom is -0.491 e. The highest BCUT2D eigenvalue weighted by molar-refractivity contribution is 5.29. The molecule has 0 heterocycles. The van der Waals surface area contributed by atoms with E-state index in [0.29, 0.717) is 18.2 Å². The van der Waals surface area contributed by atoms with Crippen LogP contribution in [0.1, 0.15) is 32.8 Å². The van der Waals surface area contributed by atoms with E-state index in [1.165, 1.54) is 12.1 Å². The number of rotatable bonds is 5. The predicted molar refractivity (Wildman–Crippen MR) is 63.8 cm³/mol. The summed E-state index contributed by atoms with van der Waals surface area (Å²) in [6.45, 7) is 6.59. The summed E-state index contributed by atoms with van der Waals surface area (Å²) in [7, 11) is 0. The molecule has 0 aliphatic rings. The Morgan fingerprint density at radius 3 is 2.50 bits per heavy atom. The van der Waals surface area contributed by atoms with Gasteiger partial charge in [-0.3, -0.25) is 0 Å². The molecule has 1 aromatic carbocycles. The van der Waals surface area contributed by atoms with Gasteiger partial charge < -0.3 is 10.5 Å². The van der Waals surface area contributed by atoms with E-state index in [-0.39, 0.29) is 11.9 Å². The highest BCUT2D eigenvalue weighted by Gasteiger charge is 2.08. The van der Waals surface area contributed by atoms with Crippen LogP contribution in [-0.2, 0) is 6.54 Å². The van der Waals surface area contributed by atoms with Crippen molar-refractivity contribution < 1.29 is 9.13 Å². The Morgan fingerprint density at radius 2 is 1.94 bits per heavy atom. The van der Waals surface area contributed by atoms with Crippen LogP contribution in [0.2, 0.25) is 0 Å². The summed E-state index contributed by atoms with van der Waals surface area (Å²) in [6.07, 6.45) is 1.04. The molecule has 0 bridgehead atoms. The van der Waals surface area contributed by atoms with E-state index >= 15 is 0 Å². The highest BCUT2D eigenvalue weighted by atomic mass is 19.1. The summed E-state index contributed by atoms with van der Waals surface area (Å²) in [5, 5.41) is 0. The first-order valence-corrected chi connectivity index (χ1v) is 5.67. The maximum absolute atomic E-state index is 13.2. The molecular formula is C13H20FNO. The van der Waals surface area contributed by atoms with Gasteiger partial charge in [-0.15, -0.1) is 0 Å². The van der Waals surface area contributed by atoms with Crippen molar-refractivity contribution in [1.29, 1.82) is 0 Å². The van der Waals surface area contributed by atoms with Crippen molar-refractivity contribution in [2.45, 2.75) is 39.8 Å². The highest BCUT2D eigenvalue weighted by Crippen LogP contribution is 2.19. The lowest BCUT2D eigenvalue weighted by Crippen LogP contribution is -2.14. The van der Waals surface area contributed by atoms with E-state index < -0.39 is 0 Å². The first-order chi connectivity index (χ1) is 7.51. The minimum atomic E-state index is -0.297. The maximum atomic E-state index is 13.2. The second-order valence-electron chi connectivity index (χ2n) is 4.56. The average molecular weight is 225 g/mol. The third kappa shape index (κ3) is 4.19. The molecule has 1 aromatic rings. The average Bonchev–Trinajstić information content (AvgIpc) is 2.14. The number of halogens is 1. The number of hydrogen-bond donors (Lipinski definition) is 1. The van der Waals surface area contributed by atoms with Gasteiger partial charge in [-0.05, 0) is 37.0 Å². The lowest BCUT2D eigenvalue weighted by molar-refractivity contribution is 0.192. The van der Waals surface area contributed by atoms with Crippen LogP contribution in [0.25, 0.3) is 0 Å². The molecule has 3 heteroatoms. The molecule has 16 heavy (non-hydrogen) atoms. The van der Waals surface area contributed by atoms with Crippen molar-refractivity contribution in [2.24, 2.45) is 11.7 Å². The van der Waals surface area contributed by atoms with Crippen molar-refractivity contribution in [2.75, 3.05) is 0 Å². The van der Waals surface area contributed by atoms with Gasteiger partial charge in [-0.25, -0.2) is 4.39 Å². The summed E-state index contributed by atoms with van der Waals surface area (Å²) < 4.78 is 18.8. The molecule has 0 aliphatic carbocycles. The van der Waals surface area contributed by atoms with E-state index in [4.69, 9.17) is 10.5 Å². The Labute approximate surface area is 96.6 Å². The van der Waals surface area contributed by atoms with Crippen LogP contribution < -0.4 is 10.5 Å². The van der Waals surface area contributed by atoms with Gasteiger partial charge >= 0.3 is 0 Å². The molecule has 1 atom stereocenters. The topological polar surface area (TPSA) is 35.2 Å². The second kappa shape index (κ2) is 5.85. The van der Waals surface area contributed by atoms with E-state index in [1.807, 2.05) is 6.92 Å². The Balaban J connectivity index is 2.69. The standard InChI is InChI=1S/C13H20FNO/c1-9(2)4-10(3)16-13-6-11(8-15)5-12(14)7-13/h5-7,9-10H,4,8,15H2,1-3H3. The Kier molecular flexibility index (Phi) is 4.74. The Morgan fingerprint density at radius 1 is 1.25 bits per heavy atom. The lowest BCUT2D eigenvalue weighted by atomic mass is 10.1. The van der Waals surface area contributed by atoms with Crippen molar-refractivity contribution in [1.82, 2.24) is 0 Å². The van der Waals surface area contributed by atoms with Crippen LogP contribution in [0.4, 0.5) is 4.39 Å². The fraction of sp³-hybridized carbons (Fsp3) is 0.538. The van der Waals surface area contributed by atoms with E-state index in [1.54, 1.807) is 6.07 Å². The number of benzene rings is 1. The zero-order valence-electron chi connectivity index (χ0n) is 10.2. The smallest absolute Gasteiger partial charge is 0.127 e. The normalized spacial score (nSPS) is 12.9. The molecule has 0 saturated heterocycles. The third-order valence-electron chi connectivity index (χ3n) is 2.31. The van der Waals surface area contributed by atoms with Gasteiger partial charge in [-0.2, -0.15) is 0 Å². The Bertz CT molecular complexity index is 339. The van der Waals surface area contributed by atoms with Crippen LogP contribution in [0.15, 0.2) is 18.2 Å². The molecule has 0 spiro atoms. The molecule has 0 radical (unpaired) electrons. The number of nitrogens with two attached hydrogens (primary N) is 1. The summed E-state index contributed by atoms with van der Waals surface area (Å²) in [5.41, 5.74) is 6.23. The van der Waals surface area contributed by atoms with Crippen LogP contribution in [0.3, 0.4) is 0 Å². The number of ether oxygens (including phenoxy) is 1. The van der Waals surface area contributed by atoms with Crippen LogP contribution in [0.5, 0.6) is 5.75 Å². The molecule has 1 rings (SSSR count). The summed E-state index contributed by atoms with van der Waals surface area (Å²) in [4.78, 5) is 0. The lowest BCUT2D eigenvalue weighted by Gasteiger charge is -2.17. The molecule has 1 unspecified atom stereocenters. The van der Waals surface area contributed by atoms with Crippen LogP contribution >= 0.6 is 0 Å². The van der Waals surface area contributed by atoms with E-state index in [0.717, 1.165) is 12.0 Å². The fourth-order valence-corrected chi connectivity index (χ4v) is 1.75. The van der Waals surface area contributed by atoms with Crippen molar-refractivity contribution in [3.05, 3.63) is 29.6 Å². The van der Waals surface area contributed by atoms with Crippen LogP contribution in [0, 0.1) is 11.7 Å².